The monoisotopic (exact) mass is 374 g/mol. The molecule has 138 valence electrons. The molecule has 0 aliphatic heterocycles. The SMILES string of the molecule is COC(C)(CNC(=O)C(=O)Nc1c(C)cccc1C)c1cccc(Cl)c1. The van der Waals surface area contributed by atoms with Crippen LogP contribution in [0.3, 0.4) is 0 Å². The summed E-state index contributed by atoms with van der Waals surface area (Å²) in [6.07, 6.45) is 0. The average molecular weight is 375 g/mol. The smallest absolute Gasteiger partial charge is 0.313 e. The largest absolute Gasteiger partial charge is 0.372 e. The molecule has 0 aromatic heterocycles. The number of aryl methyl sites for hydroxylation is 2. The molecule has 2 aromatic rings. The molecule has 0 saturated carbocycles. The maximum atomic E-state index is 12.2. The van der Waals surface area contributed by atoms with Gasteiger partial charge < -0.3 is 15.4 Å². The van der Waals surface area contributed by atoms with E-state index in [0.717, 1.165) is 16.7 Å². The molecular formula is C20H23ClN2O3. The Morgan fingerprint density at radius 1 is 1.08 bits per heavy atom. The van der Waals surface area contributed by atoms with Crippen molar-refractivity contribution in [3.8, 4) is 0 Å². The number of carbonyl (C=O) groups excluding carboxylic acids is 2. The van der Waals surface area contributed by atoms with Crippen LogP contribution >= 0.6 is 11.6 Å². The summed E-state index contributed by atoms with van der Waals surface area (Å²) in [4.78, 5) is 24.5. The third-order valence-electron chi connectivity index (χ3n) is 4.40. The van der Waals surface area contributed by atoms with Crippen molar-refractivity contribution >= 4 is 29.1 Å². The summed E-state index contributed by atoms with van der Waals surface area (Å²) in [5.74, 6) is -1.44. The number of hydrogen-bond donors (Lipinski definition) is 2. The Labute approximate surface area is 158 Å². The highest BCUT2D eigenvalue weighted by Crippen LogP contribution is 2.26. The van der Waals surface area contributed by atoms with Gasteiger partial charge in [-0.15, -0.1) is 0 Å². The number of methoxy groups -OCH3 is 1. The Bertz CT molecular complexity index is 802. The van der Waals surface area contributed by atoms with Crippen LogP contribution in [0.15, 0.2) is 42.5 Å². The number of halogens is 1. The lowest BCUT2D eigenvalue weighted by Gasteiger charge is -2.29. The maximum Gasteiger partial charge on any atom is 0.313 e. The van der Waals surface area contributed by atoms with Crippen LogP contribution in [0.2, 0.25) is 5.02 Å². The first-order chi connectivity index (χ1) is 12.3. The average Bonchev–Trinajstić information content (AvgIpc) is 2.62. The van der Waals surface area contributed by atoms with E-state index in [1.807, 2.05) is 51.1 Å². The fourth-order valence-corrected chi connectivity index (χ4v) is 2.81. The molecule has 1 atom stereocenters. The molecule has 0 aliphatic rings. The quantitative estimate of drug-likeness (QED) is 0.786. The predicted molar refractivity (Wildman–Crippen MR) is 103 cm³/mol. The number of nitrogens with one attached hydrogen (secondary N) is 2. The number of hydrogen-bond acceptors (Lipinski definition) is 3. The Morgan fingerprint density at radius 2 is 1.69 bits per heavy atom. The first-order valence-corrected chi connectivity index (χ1v) is 8.61. The fraction of sp³-hybridized carbons (Fsp3) is 0.300. The Morgan fingerprint density at radius 3 is 2.27 bits per heavy atom. The zero-order chi connectivity index (χ0) is 19.3. The third-order valence-corrected chi connectivity index (χ3v) is 4.63. The molecule has 0 aliphatic carbocycles. The van der Waals surface area contributed by atoms with Crippen molar-refractivity contribution in [2.24, 2.45) is 0 Å². The summed E-state index contributed by atoms with van der Waals surface area (Å²) >= 11 is 6.03. The van der Waals surface area contributed by atoms with Gasteiger partial charge in [0, 0.05) is 17.8 Å². The van der Waals surface area contributed by atoms with E-state index in [4.69, 9.17) is 16.3 Å². The molecule has 0 spiro atoms. The van der Waals surface area contributed by atoms with E-state index >= 15 is 0 Å². The van der Waals surface area contributed by atoms with Crippen LogP contribution in [0.1, 0.15) is 23.6 Å². The van der Waals surface area contributed by atoms with Gasteiger partial charge in [-0.2, -0.15) is 0 Å². The number of ether oxygens (including phenoxy) is 1. The van der Waals surface area contributed by atoms with Crippen LogP contribution < -0.4 is 10.6 Å². The van der Waals surface area contributed by atoms with Crippen molar-refractivity contribution in [1.82, 2.24) is 5.32 Å². The van der Waals surface area contributed by atoms with E-state index < -0.39 is 17.4 Å². The van der Waals surface area contributed by atoms with Crippen molar-refractivity contribution in [3.63, 3.8) is 0 Å². The molecule has 6 heteroatoms. The first-order valence-electron chi connectivity index (χ1n) is 8.23. The molecule has 0 bridgehead atoms. The van der Waals surface area contributed by atoms with Crippen molar-refractivity contribution in [1.29, 1.82) is 0 Å². The van der Waals surface area contributed by atoms with Gasteiger partial charge in [0.25, 0.3) is 0 Å². The maximum absolute atomic E-state index is 12.2. The molecule has 2 amide bonds. The van der Waals surface area contributed by atoms with Crippen molar-refractivity contribution in [2.75, 3.05) is 19.0 Å². The van der Waals surface area contributed by atoms with Gasteiger partial charge >= 0.3 is 11.8 Å². The number of amides is 2. The summed E-state index contributed by atoms with van der Waals surface area (Å²) in [6.45, 7) is 5.70. The van der Waals surface area contributed by atoms with Crippen LogP contribution in [-0.4, -0.2) is 25.5 Å². The highest BCUT2D eigenvalue weighted by molar-refractivity contribution is 6.39. The molecule has 2 rings (SSSR count). The first kappa shape index (κ1) is 19.9. The summed E-state index contributed by atoms with van der Waals surface area (Å²) in [5.41, 5.74) is 2.44. The Balaban J connectivity index is 2.05. The van der Waals surface area contributed by atoms with E-state index in [1.54, 1.807) is 19.2 Å². The zero-order valence-electron chi connectivity index (χ0n) is 15.4. The van der Waals surface area contributed by atoms with Gasteiger partial charge in [-0.25, -0.2) is 0 Å². The molecular weight excluding hydrogens is 352 g/mol. The topological polar surface area (TPSA) is 67.4 Å². The van der Waals surface area contributed by atoms with Crippen LogP contribution in [0.25, 0.3) is 0 Å². The van der Waals surface area contributed by atoms with E-state index in [9.17, 15) is 9.59 Å². The molecule has 0 radical (unpaired) electrons. The lowest BCUT2D eigenvalue weighted by molar-refractivity contribution is -0.137. The number of carbonyl (C=O) groups is 2. The van der Waals surface area contributed by atoms with E-state index in [2.05, 4.69) is 10.6 Å². The minimum Gasteiger partial charge on any atom is -0.372 e. The molecule has 0 saturated heterocycles. The lowest BCUT2D eigenvalue weighted by atomic mass is 9.95. The second-order valence-electron chi connectivity index (χ2n) is 6.35. The fourth-order valence-electron chi connectivity index (χ4n) is 2.62. The van der Waals surface area contributed by atoms with Crippen LogP contribution in [-0.2, 0) is 19.9 Å². The van der Waals surface area contributed by atoms with Crippen LogP contribution in [0, 0.1) is 13.8 Å². The minimum absolute atomic E-state index is 0.128. The second-order valence-corrected chi connectivity index (χ2v) is 6.79. The van der Waals surface area contributed by atoms with Crippen molar-refractivity contribution in [2.45, 2.75) is 26.4 Å². The standard InChI is InChI=1S/C20H23ClN2O3/c1-13-7-5-8-14(2)17(13)23-19(25)18(24)22-12-20(3,26-4)15-9-6-10-16(21)11-15/h5-11H,12H2,1-4H3,(H,22,24)(H,23,25). The number of benzene rings is 2. The minimum atomic E-state index is -0.806. The van der Waals surface area contributed by atoms with Gasteiger partial charge in [0.2, 0.25) is 0 Å². The third kappa shape index (κ3) is 4.62. The van der Waals surface area contributed by atoms with Crippen LogP contribution in [0.4, 0.5) is 5.69 Å². The zero-order valence-corrected chi connectivity index (χ0v) is 16.1. The Hall–Kier alpha value is -2.37. The molecule has 0 fully saturated rings. The van der Waals surface area contributed by atoms with E-state index in [1.165, 1.54) is 0 Å². The van der Waals surface area contributed by atoms with Crippen molar-refractivity contribution < 1.29 is 14.3 Å². The predicted octanol–water partition coefficient (Wildman–Crippen LogP) is 3.57. The normalized spacial score (nSPS) is 13.0. The van der Waals surface area contributed by atoms with Gasteiger partial charge in [-0.05, 0) is 49.6 Å². The molecule has 1 unspecified atom stereocenters. The molecule has 0 heterocycles. The Kier molecular flexibility index (Phi) is 6.40. The lowest BCUT2D eigenvalue weighted by Crippen LogP contribution is -2.44. The van der Waals surface area contributed by atoms with Gasteiger partial charge in [0.1, 0.15) is 5.60 Å². The van der Waals surface area contributed by atoms with Gasteiger partial charge in [0.15, 0.2) is 0 Å². The van der Waals surface area contributed by atoms with Crippen LogP contribution in [0.5, 0.6) is 0 Å². The van der Waals surface area contributed by atoms with E-state index in [0.29, 0.717) is 10.7 Å². The molecule has 2 aromatic carbocycles. The molecule has 2 N–H and O–H groups in total. The van der Waals surface area contributed by atoms with Gasteiger partial charge in [-0.1, -0.05) is 41.9 Å². The van der Waals surface area contributed by atoms with Crippen molar-refractivity contribution in [3.05, 3.63) is 64.2 Å². The highest BCUT2D eigenvalue weighted by Gasteiger charge is 2.28. The summed E-state index contributed by atoms with van der Waals surface area (Å²) in [7, 11) is 1.55. The summed E-state index contributed by atoms with van der Waals surface area (Å²) in [6, 6.07) is 12.9. The van der Waals surface area contributed by atoms with Gasteiger partial charge in [-0.3, -0.25) is 9.59 Å². The highest BCUT2D eigenvalue weighted by atomic mass is 35.5. The second kappa shape index (κ2) is 8.34. The molecule has 26 heavy (non-hydrogen) atoms. The molecule has 5 nitrogen and oxygen atoms in total. The number of anilines is 1. The van der Waals surface area contributed by atoms with Gasteiger partial charge in [0.05, 0.1) is 6.54 Å². The summed E-state index contributed by atoms with van der Waals surface area (Å²) in [5, 5.41) is 5.87. The number of rotatable bonds is 5. The van der Waals surface area contributed by atoms with E-state index in [-0.39, 0.29) is 6.54 Å². The number of para-hydroxylation sites is 1. The summed E-state index contributed by atoms with van der Waals surface area (Å²) < 4.78 is 5.56.